The number of carbonyl (C=O) groups is 3. The van der Waals surface area contributed by atoms with Crippen LogP contribution >= 0.6 is 0 Å². The molecule has 2 fully saturated rings. The Morgan fingerprint density at radius 3 is 2.68 bits per heavy atom. The zero-order valence-corrected chi connectivity index (χ0v) is 17.3. The van der Waals surface area contributed by atoms with Gasteiger partial charge in [0.05, 0.1) is 22.7 Å². The number of fused-ring (bicyclic) bond motifs is 1. The molecule has 4 rings (SSSR count). The number of likely N-dealkylation sites (tertiary alicyclic amines) is 1. The van der Waals surface area contributed by atoms with E-state index in [9.17, 15) is 19.2 Å². The molecule has 9 heteroatoms. The number of hydrogen-bond donors (Lipinski definition) is 1. The Kier molecular flexibility index (Phi) is 5.91. The minimum Gasteiger partial charge on any atom is -0.365 e. The Hall–Kier alpha value is -3.38. The summed E-state index contributed by atoms with van der Waals surface area (Å²) in [5, 5.41) is 2.31. The van der Waals surface area contributed by atoms with E-state index in [0.29, 0.717) is 29.7 Å². The molecule has 31 heavy (non-hydrogen) atoms. The minimum absolute atomic E-state index is 0.0826. The molecule has 0 saturated carbocycles. The molecule has 3 heterocycles. The average Bonchev–Trinajstić information content (AvgIpc) is 3.03. The summed E-state index contributed by atoms with van der Waals surface area (Å²) >= 11 is 0. The summed E-state index contributed by atoms with van der Waals surface area (Å²) in [4.78, 5) is 49.2. The van der Waals surface area contributed by atoms with Gasteiger partial charge in [-0.2, -0.15) is 0 Å². The van der Waals surface area contributed by atoms with Gasteiger partial charge in [0.2, 0.25) is 18.2 Å². The molecule has 0 aliphatic carbocycles. The lowest BCUT2D eigenvalue weighted by Gasteiger charge is -2.28. The SMILES string of the molecule is Cn1c(=O)n(C2CCC(=O)NC2=O)c2cccc(C#CCOC3CCN(C=O)CC3)c21. The monoisotopic (exact) mass is 424 g/mol. The third kappa shape index (κ3) is 4.11. The lowest BCUT2D eigenvalue weighted by atomic mass is 10.1. The number of aryl methyl sites for hydroxylation is 1. The predicted octanol–water partition coefficient (Wildman–Crippen LogP) is 0.307. The Balaban J connectivity index is 1.55. The number of imidazole rings is 1. The molecule has 2 aliphatic rings. The van der Waals surface area contributed by atoms with E-state index in [4.69, 9.17) is 4.74 Å². The summed E-state index contributed by atoms with van der Waals surface area (Å²) in [6.45, 7) is 1.64. The Morgan fingerprint density at radius 2 is 1.97 bits per heavy atom. The van der Waals surface area contributed by atoms with Crippen molar-refractivity contribution in [1.82, 2.24) is 19.4 Å². The zero-order valence-electron chi connectivity index (χ0n) is 17.3. The number of rotatable bonds is 4. The van der Waals surface area contributed by atoms with E-state index in [0.717, 1.165) is 19.3 Å². The second-order valence-electron chi connectivity index (χ2n) is 7.81. The molecule has 3 amide bonds. The van der Waals surface area contributed by atoms with Crippen molar-refractivity contribution in [2.24, 2.45) is 7.05 Å². The second-order valence-corrected chi connectivity index (χ2v) is 7.81. The highest BCUT2D eigenvalue weighted by Gasteiger charge is 2.31. The largest absolute Gasteiger partial charge is 0.365 e. The Morgan fingerprint density at radius 1 is 1.19 bits per heavy atom. The lowest BCUT2D eigenvalue weighted by Crippen LogP contribution is -2.44. The second kappa shape index (κ2) is 8.78. The van der Waals surface area contributed by atoms with E-state index in [1.165, 1.54) is 9.13 Å². The van der Waals surface area contributed by atoms with Gasteiger partial charge < -0.3 is 9.64 Å². The Labute approximate surface area is 178 Å². The third-order valence-corrected chi connectivity index (χ3v) is 5.86. The van der Waals surface area contributed by atoms with E-state index < -0.39 is 11.9 Å². The fourth-order valence-electron chi connectivity index (χ4n) is 4.21. The van der Waals surface area contributed by atoms with Crippen LogP contribution in [0.5, 0.6) is 0 Å². The molecule has 2 saturated heterocycles. The van der Waals surface area contributed by atoms with Crippen molar-refractivity contribution in [3.05, 3.63) is 34.2 Å². The van der Waals surface area contributed by atoms with Crippen LogP contribution in [0.15, 0.2) is 23.0 Å². The first-order valence-corrected chi connectivity index (χ1v) is 10.3. The van der Waals surface area contributed by atoms with Gasteiger partial charge in [-0.15, -0.1) is 0 Å². The van der Waals surface area contributed by atoms with E-state index in [2.05, 4.69) is 17.2 Å². The number of piperidine rings is 2. The number of ether oxygens (including phenoxy) is 1. The van der Waals surface area contributed by atoms with Crippen LogP contribution in [0, 0.1) is 11.8 Å². The molecule has 2 aromatic rings. The van der Waals surface area contributed by atoms with Crippen LogP contribution in [-0.4, -0.2) is 58.1 Å². The van der Waals surface area contributed by atoms with Crippen molar-refractivity contribution in [3.63, 3.8) is 0 Å². The van der Waals surface area contributed by atoms with Gasteiger partial charge in [0.1, 0.15) is 12.6 Å². The van der Waals surface area contributed by atoms with Gasteiger partial charge in [0.25, 0.3) is 0 Å². The number of aromatic nitrogens is 2. The first kappa shape index (κ1) is 20.9. The van der Waals surface area contributed by atoms with Crippen molar-refractivity contribution in [2.75, 3.05) is 19.7 Å². The van der Waals surface area contributed by atoms with Crippen LogP contribution in [0.3, 0.4) is 0 Å². The van der Waals surface area contributed by atoms with Crippen molar-refractivity contribution in [3.8, 4) is 11.8 Å². The van der Waals surface area contributed by atoms with Crippen LogP contribution in [0.4, 0.5) is 0 Å². The first-order valence-electron chi connectivity index (χ1n) is 10.3. The fourth-order valence-corrected chi connectivity index (χ4v) is 4.21. The van der Waals surface area contributed by atoms with Gasteiger partial charge in [-0.1, -0.05) is 17.9 Å². The van der Waals surface area contributed by atoms with E-state index in [1.807, 2.05) is 6.07 Å². The molecule has 0 spiro atoms. The van der Waals surface area contributed by atoms with E-state index >= 15 is 0 Å². The van der Waals surface area contributed by atoms with E-state index in [1.54, 1.807) is 24.1 Å². The summed E-state index contributed by atoms with van der Waals surface area (Å²) in [5.41, 5.74) is 1.60. The molecule has 1 atom stereocenters. The number of para-hydroxylation sites is 1. The number of nitrogens with zero attached hydrogens (tertiary/aromatic N) is 3. The third-order valence-electron chi connectivity index (χ3n) is 5.86. The van der Waals surface area contributed by atoms with Crippen LogP contribution in [-0.2, 0) is 26.2 Å². The van der Waals surface area contributed by atoms with Crippen molar-refractivity contribution in [1.29, 1.82) is 0 Å². The predicted molar refractivity (Wildman–Crippen MR) is 112 cm³/mol. The molecular weight excluding hydrogens is 400 g/mol. The minimum atomic E-state index is -0.724. The van der Waals surface area contributed by atoms with Crippen LogP contribution in [0.2, 0.25) is 0 Å². The molecule has 1 aromatic heterocycles. The van der Waals surface area contributed by atoms with Crippen molar-refractivity contribution < 1.29 is 19.1 Å². The van der Waals surface area contributed by atoms with Crippen molar-refractivity contribution >= 4 is 29.3 Å². The summed E-state index contributed by atoms with van der Waals surface area (Å²) in [7, 11) is 1.65. The highest BCUT2D eigenvalue weighted by Crippen LogP contribution is 2.24. The zero-order chi connectivity index (χ0) is 22.0. The molecule has 1 aromatic carbocycles. The average molecular weight is 424 g/mol. The maximum atomic E-state index is 12.9. The lowest BCUT2D eigenvalue weighted by molar-refractivity contribution is -0.135. The highest BCUT2D eigenvalue weighted by molar-refractivity contribution is 6.00. The summed E-state index contributed by atoms with van der Waals surface area (Å²) in [6.07, 6.45) is 3.01. The standard InChI is InChI=1S/C22H24N4O5/c1-24-20-15(5-3-13-31-16-9-11-25(14-27)12-10-16)4-2-6-17(20)26(22(24)30)18-7-8-19(28)23-21(18)29/h2,4,6,14,16,18H,7-13H2,1H3,(H,23,28,29). The summed E-state index contributed by atoms with van der Waals surface area (Å²) in [6, 6.07) is 4.68. The number of amides is 3. The molecule has 9 nitrogen and oxygen atoms in total. The van der Waals surface area contributed by atoms with Crippen LogP contribution in [0.25, 0.3) is 11.0 Å². The molecule has 0 radical (unpaired) electrons. The maximum absolute atomic E-state index is 12.9. The van der Waals surface area contributed by atoms with Crippen LogP contribution in [0.1, 0.15) is 37.3 Å². The molecule has 1 unspecified atom stereocenters. The number of imide groups is 1. The van der Waals surface area contributed by atoms with Crippen molar-refractivity contribution in [2.45, 2.75) is 37.8 Å². The molecule has 0 bridgehead atoms. The summed E-state index contributed by atoms with van der Waals surface area (Å²) < 4.78 is 8.74. The van der Waals surface area contributed by atoms with Crippen LogP contribution < -0.4 is 11.0 Å². The van der Waals surface area contributed by atoms with Gasteiger partial charge in [-0.05, 0) is 31.4 Å². The van der Waals surface area contributed by atoms with Gasteiger partial charge in [-0.25, -0.2) is 4.79 Å². The molecule has 2 aliphatic heterocycles. The van der Waals surface area contributed by atoms with Gasteiger partial charge in [0.15, 0.2) is 0 Å². The topological polar surface area (TPSA) is 103 Å². The molecular formula is C22H24N4O5. The quantitative estimate of drug-likeness (QED) is 0.432. The number of nitrogens with one attached hydrogen (secondary N) is 1. The Bertz CT molecular complexity index is 1140. The van der Waals surface area contributed by atoms with Gasteiger partial charge >= 0.3 is 5.69 Å². The first-order chi connectivity index (χ1) is 15.0. The number of benzene rings is 1. The number of hydrogen-bond acceptors (Lipinski definition) is 5. The fraction of sp³-hybridized carbons (Fsp3) is 0.455. The molecule has 1 N–H and O–H groups in total. The smallest absolute Gasteiger partial charge is 0.329 e. The van der Waals surface area contributed by atoms with Gasteiger partial charge in [-0.3, -0.25) is 28.8 Å². The molecule has 162 valence electrons. The highest BCUT2D eigenvalue weighted by atomic mass is 16.5. The van der Waals surface area contributed by atoms with E-state index in [-0.39, 0.29) is 37.1 Å². The summed E-state index contributed by atoms with van der Waals surface area (Å²) in [5.74, 6) is 5.31. The normalized spacial score (nSPS) is 19.8. The maximum Gasteiger partial charge on any atom is 0.329 e. The number of carbonyl (C=O) groups excluding carboxylic acids is 3. The van der Waals surface area contributed by atoms with Gasteiger partial charge in [0, 0.05) is 26.6 Å².